The van der Waals surface area contributed by atoms with Gasteiger partial charge in [-0.2, -0.15) is 0 Å². The molecule has 0 saturated heterocycles. The van der Waals surface area contributed by atoms with Gasteiger partial charge in [0.15, 0.2) is 0 Å². The smallest absolute Gasteiger partial charge is 0.264 e. The number of hydrogen-bond donors (Lipinski definition) is 1. The Morgan fingerprint density at radius 3 is 2.45 bits per heavy atom. The van der Waals surface area contributed by atoms with Crippen LogP contribution < -0.4 is 4.72 Å². The van der Waals surface area contributed by atoms with E-state index in [9.17, 15) is 17.2 Å². The molecule has 0 spiro atoms. The molecule has 0 fully saturated rings. The molecular formula is C13H10BrF2NO2S. The van der Waals surface area contributed by atoms with Crippen molar-refractivity contribution < 1.29 is 17.2 Å². The van der Waals surface area contributed by atoms with Crippen molar-refractivity contribution >= 4 is 31.6 Å². The predicted octanol–water partition coefficient (Wildman–Crippen LogP) is 3.84. The SMILES string of the molecule is Cc1c(F)cccc1NS(=O)(=O)c1ccc(Br)cc1F. The maximum atomic E-state index is 13.7. The summed E-state index contributed by atoms with van der Waals surface area (Å²) in [4.78, 5) is -0.496. The minimum Gasteiger partial charge on any atom is -0.279 e. The number of rotatable bonds is 3. The van der Waals surface area contributed by atoms with Gasteiger partial charge in [-0.15, -0.1) is 0 Å². The zero-order valence-corrected chi connectivity index (χ0v) is 12.7. The Hall–Kier alpha value is -1.47. The molecule has 20 heavy (non-hydrogen) atoms. The van der Waals surface area contributed by atoms with Crippen LogP contribution in [0.3, 0.4) is 0 Å². The largest absolute Gasteiger partial charge is 0.279 e. The van der Waals surface area contributed by atoms with Crippen LogP contribution in [0.2, 0.25) is 0 Å². The molecule has 0 aliphatic heterocycles. The summed E-state index contributed by atoms with van der Waals surface area (Å²) in [5.41, 5.74) is 0.223. The first kappa shape index (κ1) is 14.9. The van der Waals surface area contributed by atoms with Gasteiger partial charge >= 0.3 is 0 Å². The van der Waals surface area contributed by atoms with Crippen LogP contribution in [-0.2, 0) is 10.0 Å². The molecule has 3 nitrogen and oxygen atoms in total. The highest BCUT2D eigenvalue weighted by molar-refractivity contribution is 9.10. The first-order chi connectivity index (χ1) is 9.31. The Morgan fingerprint density at radius 2 is 1.80 bits per heavy atom. The van der Waals surface area contributed by atoms with Crippen LogP contribution in [0.4, 0.5) is 14.5 Å². The minimum absolute atomic E-state index is 0.0762. The average Bonchev–Trinajstić information content (AvgIpc) is 2.34. The Balaban J connectivity index is 2.44. The van der Waals surface area contributed by atoms with Gasteiger partial charge in [0, 0.05) is 10.0 Å². The molecule has 7 heteroatoms. The molecule has 0 unspecified atom stereocenters. The van der Waals surface area contributed by atoms with Crippen LogP contribution in [0.25, 0.3) is 0 Å². The van der Waals surface area contributed by atoms with Crippen LogP contribution in [0.15, 0.2) is 45.8 Å². The quantitative estimate of drug-likeness (QED) is 0.902. The maximum absolute atomic E-state index is 13.7. The van der Waals surface area contributed by atoms with Crippen LogP contribution in [0.1, 0.15) is 5.56 Å². The fourth-order valence-electron chi connectivity index (χ4n) is 1.61. The topological polar surface area (TPSA) is 46.2 Å². The zero-order valence-electron chi connectivity index (χ0n) is 10.3. The highest BCUT2D eigenvalue weighted by atomic mass is 79.9. The van der Waals surface area contributed by atoms with Crippen LogP contribution in [-0.4, -0.2) is 8.42 Å². The van der Waals surface area contributed by atoms with Crippen LogP contribution >= 0.6 is 15.9 Å². The highest BCUT2D eigenvalue weighted by Gasteiger charge is 2.20. The summed E-state index contributed by atoms with van der Waals surface area (Å²) < 4.78 is 53.9. The third-order valence-corrected chi connectivity index (χ3v) is 4.59. The van der Waals surface area contributed by atoms with Gasteiger partial charge in [-0.25, -0.2) is 17.2 Å². The Labute approximate surface area is 123 Å². The van der Waals surface area contributed by atoms with E-state index < -0.39 is 26.6 Å². The van der Waals surface area contributed by atoms with Crippen molar-refractivity contribution in [2.24, 2.45) is 0 Å². The van der Waals surface area contributed by atoms with Crippen molar-refractivity contribution in [1.82, 2.24) is 0 Å². The van der Waals surface area contributed by atoms with Crippen LogP contribution in [0.5, 0.6) is 0 Å². The number of nitrogens with one attached hydrogen (secondary N) is 1. The van der Waals surface area contributed by atoms with Gasteiger partial charge in [-0.1, -0.05) is 22.0 Å². The number of sulfonamides is 1. The van der Waals surface area contributed by atoms with Gasteiger partial charge in [0.1, 0.15) is 16.5 Å². The molecule has 2 aromatic carbocycles. The lowest BCUT2D eigenvalue weighted by atomic mass is 10.2. The summed E-state index contributed by atoms with van der Waals surface area (Å²) in [5, 5.41) is 0. The van der Waals surface area contributed by atoms with E-state index in [0.717, 1.165) is 12.1 Å². The zero-order chi connectivity index (χ0) is 14.9. The monoisotopic (exact) mass is 361 g/mol. The van der Waals surface area contributed by atoms with E-state index in [-0.39, 0.29) is 11.3 Å². The maximum Gasteiger partial charge on any atom is 0.264 e. The van der Waals surface area contributed by atoms with Gasteiger partial charge in [0.05, 0.1) is 5.69 Å². The summed E-state index contributed by atoms with van der Waals surface area (Å²) in [6.45, 7) is 1.44. The molecule has 0 radical (unpaired) electrons. The molecule has 0 aliphatic carbocycles. The van der Waals surface area contributed by atoms with E-state index in [2.05, 4.69) is 20.7 Å². The summed E-state index contributed by atoms with van der Waals surface area (Å²) in [6, 6.07) is 7.59. The van der Waals surface area contributed by atoms with Gasteiger partial charge < -0.3 is 0 Å². The van der Waals surface area contributed by atoms with Crippen molar-refractivity contribution in [1.29, 1.82) is 0 Å². The molecular weight excluding hydrogens is 352 g/mol. The van der Waals surface area contributed by atoms with Gasteiger partial charge in [-0.05, 0) is 37.3 Å². The third-order valence-electron chi connectivity index (χ3n) is 2.70. The van der Waals surface area contributed by atoms with Crippen molar-refractivity contribution in [3.8, 4) is 0 Å². The normalized spacial score (nSPS) is 11.4. The van der Waals surface area contributed by atoms with Crippen molar-refractivity contribution in [3.63, 3.8) is 0 Å². The molecule has 0 amide bonds. The lowest BCUT2D eigenvalue weighted by molar-refractivity contribution is 0.569. The highest BCUT2D eigenvalue weighted by Crippen LogP contribution is 2.24. The van der Waals surface area contributed by atoms with E-state index >= 15 is 0 Å². The number of anilines is 1. The molecule has 0 bridgehead atoms. The summed E-state index contributed by atoms with van der Waals surface area (Å²) >= 11 is 3.05. The van der Waals surface area contributed by atoms with E-state index in [1.165, 1.54) is 31.2 Å². The van der Waals surface area contributed by atoms with Crippen molar-refractivity contribution in [2.45, 2.75) is 11.8 Å². The fourth-order valence-corrected chi connectivity index (χ4v) is 3.13. The summed E-state index contributed by atoms with van der Waals surface area (Å²) in [6.07, 6.45) is 0. The average molecular weight is 362 g/mol. The second kappa shape index (κ2) is 5.49. The van der Waals surface area contributed by atoms with Gasteiger partial charge in [0.25, 0.3) is 10.0 Å². The van der Waals surface area contributed by atoms with E-state index in [1.807, 2.05) is 0 Å². The lowest BCUT2D eigenvalue weighted by Gasteiger charge is -2.11. The fraction of sp³-hybridized carbons (Fsp3) is 0.0769. The van der Waals surface area contributed by atoms with Crippen LogP contribution in [0, 0.1) is 18.6 Å². The Morgan fingerprint density at radius 1 is 1.10 bits per heavy atom. The third kappa shape index (κ3) is 2.99. The second-order valence-corrected chi connectivity index (χ2v) is 6.66. The van der Waals surface area contributed by atoms with E-state index in [0.29, 0.717) is 4.47 Å². The predicted molar refractivity (Wildman–Crippen MR) is 76.0 cm³/mol. The summed E-state index contributed by atoms with van der Waals surface area (Å²) in [7, 11) is -4.11. The molecule has 2 rings (SSSR count). The molecule has 0 aromatic heterocycles. The number of halogens is 3. The molecule has 2 aromatic rings. The Kier molecular flexibility index (Phi) is 4.10. The molecule has 0 atom stereocenters. The minimum atomic E-state index is -4.11. The molecule has 0 saturated carbocycles. The van der Waals surface area contributed by atoms with E-state index in [1.54, 1.807) is 0 Å². The summed E-state index contributed by atoms with van der Waals surface area (Å²) in [5.74, 6) is -1.43. The first-order valence-corrected chi connectivity index (χ1v) is 7.82. The van der Waals surface area contributed by atoms with Crippen molar-refractivity contribution in [2.75, 3.05) is 4.72 Å². The Bertz CT molecular complexity index is 763. The molecule has 0 heterocycles. The van der Waals surface area contributed by atoms with Gasteiger partial charge in [-0.3, -0.25) is 4.72 Å². The number of hydrogen-bond acceptors (Lipinski definition) is 2. The lowest BCUT2D eigenvalue weighted by Crippen LogP contribution is -2.15. The van der Waals surface area contributed by atoms with Gasteiger partial charge in [0.2, 0.25) is 0 Å². The number of benzene rings is 2. The second-order valence-electron chi connectivity index (χ2n) is 4.09. The van der Waals surface area contributed by atoms with Crippen molar-refractivity contribution in [3.05, 3.63) is 58.1 Å². The molecule has 0 aliphatic rings. The molecule has 1 N–H and O–H groups in total. The standard InChI is InChI=1S/C13H10BrF2NO2S/c1-8-10(15)3-2-4-12(8)17-20(18,19)13-6-5-9(14)7-11(13)16/h2-7,17H,1H3. The first-order valence-electron chi connectivity index (χ1n) is 5.54. The van der Waals surface area contributed by atoms with E-state index in [4.69, 9.17) is 0 Å². The molecule has 106 valence electrons.